The molecule has 2 aliphatic heterocycles. The third kappa shape index (κ3) is 3.39. The van der Waals surface area contributed by atoms with Gasteiger partial charge in [0.15, 0.2) is 6.29 Å². The molecule has 0 radical (unpaired) electrons. The molecule has 106 valence electrons. The van der Waals surface area contributed by atoms with E-state index in [9.17, 15) is 15.3 Å². The molecule has 18 heavy (non-hydrogen) atoms. The zero-order chi connectivity index (χ0) is 13.1. The molecule has 2 rings (SSSR count). The van der Waals surface area contributed by atoms with E-state index in [1.54, 1.807) is 0 Å². The fourth-order valence-corrected chi connectivity index (χ4v) is 2.21. The van der Waals surface area contributed by atoms with Crippen LogP contribution in [0, 0.1) is 0 Å². The van der Waals surface area contributed by atoms with Crippen molar-refractivity contribution in [1.29, 1.82) is 0 Å². The van der Waals surface area contributed by atoms with Crippen LogP contribution in [-0.2, 0) is 14.2 Å². The van der Waals surface area contributed by atoms with E-state index in [0.29, 0.717) is 13.0 Å². The van der Waals surface area contributed by atoms with Crippen molar-refractivity contribution in [3.63, 3.8) is 0 Å². The van der Waals surface area contributed by atoms with Gasteiger partial charge in [-0.25, -0.2) is 0 Å². The fraction of sp³-hybridized carbons (Fsp3) is 1.00. The summed E-state index contributed by atoms with van der Waals surface area (Å²) in [6.45, 7) is 0.340. The van der Waals surface area contributed by atoms with Gasteiger partial charge >= 0.3 is 0 Å². The van der Waals surface area contributed by atoms with Crippen LogP contribution in [0.1, 0.15) is 12.8 Å². The van der Waals surface area contributed by atoms with Crippen molar-refractivity contribution in [2.75, 3.05) is 19.8 Å². The number of ether oxygens (including phenoxy) is 3. The van der Waals surface area contributed by atoms with E-state index in [1.165, 1.54) is 0 Å². The minimum atomic E-state index is -1.16. The highest BCUT2D eigenvalue weighted by Crippen LogP contribution is 2.24. The molecule has 0 amide bonds. The molecule has 0 saturated carbocycles. The Bertz CT molecular complexity index is 262. The fourth-order valence-electron chi connectivity index (χ4n) is 2.21. The molecule has 0 spiro atoms. The van der Waals surface area contributed by atoms with Gasteiger partial charge in [0.05, 0.1) is 44.2 Å². The summed E-state index contributed by atoms with van der Waals surface area (Å²) >= 11 is 0. The molecular weight excluding hydrogens is 244 g/mol. The van der Waals surface area contributed by atoms with E-state index in [1.807, 2.05) is 0 Å². The van der Waals surface area contributed by atoms with Gasteiger partial charge in [-0.15, -0.1) is 0 Å². The van der Waals surface area contributed by atoms with Gasteiger partial charge in [-0.2, -0.15) is 0 Å². The highest BCUT2D eigenvalue weighted by molar-refractivity contribution is 4.82. The average Bonchev–Trinajstić information content (AvgIpc) is 2.34. The number of hydrogen-bond donors (Lipinski definition) is 4. The van der Waals surface area contributed by atoms with Crippen LogP contribution in [0.15, 0.2) is 0 Å². The summed E-state index contributed by atoms with van der Waals surface area (Å²) in [7, 11) is 0. The van der Waals surface area contributed by atoms with Crippen LogP contribution in [0.25, 0.3) is 0 Å². The molecule has 2 saturated heterocycles. The SMILES string of the molecule is OCC1C[C@@H](O)[C@H](O)[C@@H](O[C@H]2COC[C@@H](O)C2)O1. The first-order valence-electron chi connectivity index (χ1n) is 6.14. The summed E-state index contributed by atoms with van der Waals surface area (Å²) in [6, 6.07) is 0. The molecule has 0 aliphatic carbocycles. The highest BCUT2D eigenvalue weighted by atomic mass is 16.7. The topological polar surface area (TPSA) is 109 Å². The standard InChI is InChI=1S/C11H20O7/c12-3-7-2-9(14)10(15)11(17-7)18-8-1-6(13)4-16-5-8/h6-15H,1-5H2/t6-,7?,8+,9+,10-,11+/m0/s1. The van der Waals surface area contributed by atoms with Gasteiger partial charge in [-0.3, -0.25) is 0 Å². The molecule has 7 nitrogen and oxygen atoms in total. The Kier molecular flexibility index (Phi) is 4.91. The van der Waals surface area contributed by atoms with Gasteiger partial charge in [0.2, 0.25) is 0 Å². The number of rotatable bonds is 3. The molecule has 2 heterocycles. The second-order valence-electron chi connectivity index (χ2n) is 4.79. The van der Waals surface area contributed by atoms with Crippen molar-refractivity contribution in [2.45, 2.75) is 49.7 Å². The van der Waals surface area contributed by atoms with Crippen LogP contribution in [-0.4, -0.2) is 77.1 Å². The third-order valence-electron chi connectivity index (χ3n) is 3.18. The molecule has 2 aliphatic rings. The molecule has 0 aromatic carbocycles. The summed E-state index contributed by atoms with van der Waals surface area (Å²) in [4.78, 5) is 0. The monoisotopic (exact) mass is 264 g/mol. The van der Waals surface area contributed by atoms with Crippen molar-refractivity contribution in [1.82, 2.24) is 0 Å². The van der Waals surface area contributed by atoms with Crippen molar-refractivity contribution in [3.8, 4) is 0 Å². The van der Waals surface area contributed by atoms with Gasteiger partial charge in [-0.05, 0) is 0 Å². The predicted octanol–water partition coefficient (Wildman–Crippen LogP) is -2.02. The number of hydrogen-bond acceptors (Lipinski definition) is 7. The van der Waals surface area contributed by atoms with E-state index in [0.717, 1.165) is 0 Å². The summed E-state index contributed by atoms with van der Waals surface area (Å²) in [5.41, 5.74) is 0. The van der Waals surface area contributed by atoms with Crippen LogP contribution in [0.5, 0.6) is 0 Å². The predicted molar refractivity (Wildman–Crippen MR) is 58.7 cm³/mol. The van der Waals surface area contributed by atoms with Gasteiger partial charge in [0, 0.05) is 12.8 Å². The van der Waals surface area contributed by atoms with Gasteiger partial charge in [0.1, 0.15) is 6.10 Å². The third-order valence-corrected chi connectivity index (χ3v) is 3.18. The second-order valence-corrected chi connectivity index (χ2v) is 4.79. The summed E-state index contributed by atoms with van der Waals surface area (Å²) in [6.07, 6.45) is -4.13. The minimum absolute atomic E-state index is 0.168. The van der Waals surface area contributed by atoms with Crippen molar-refractivity contribution < 1.29 is 34.6 Å². The quantitative estimate of drug-likeness (QED) is 0.466. The lowest BCUT2D eigenvalue weighted by molar-refractivity contribution is -0.294. The molecular formula is C11H20O7. The second kappa shape index (κ2) is 6.25. The number of aliphatic hydroxyl groups excluding tert-OH is 4. The Hall–Kier alpha value is -0.280. The molecule has 7 heteroatoms. The van der Waals surface area contributed by atoms with Gasteiger partial charge < -0.3 is 34.6 Å². The molecule has 0 aromatic heterocycles. The van der Waals surface area contributed by atoms with Crippen LogP contribution in [0.4, 0.5) is 0 Å². The number of aliphatic hydroxyl groups is 4. The normalized spacial score (nSPS) is 46.0. The van der Waals surface area contributed by atoms with E-state index in [-0.39, 0.29) is 19.6 Å². The van der Waals surface area contributed by atoms with E-state index < -0.39 is 36.8 Å². The van der Waals surface area contributed by atoms with Crippen LogP contribution in [0.3, 0.4) is 0 Å². The Morgan fingerprint density at radius 1 is 1.11 bits per heavy atom. The van der Waals surface area contributed by atoms with Crippen LogP contribution in [0.2, 0.25) is 0 Å². The maximum absolute atomic E-state index is 9.76. The maximum Gasteiger partial charge on any atom is 0.186 e. The lowest BCUT2D eigenvalue weighted by Crippen LogP contribution is -2.52. The van der Waals surface area contributed by atoms with Crippen molar-refractivity contribution >= 4 is 0 Å². The lowest BCUT2D eigenvalue weighted by atomic mass is 10.0. The largest absolute Gasteiger partial charge is 0.394 e. The Morgan fingerprint density at radius 2 is 1.89 bits per heavy atom. The van der Waals surface area contributed by atoms with E-state index in [4.69, 9.17) is 19.3 Å². The highest BCUT2D eigenvalue weighted by Gasteiger charge is 2.39. The zero-order valence-corrected chi connectivity index (χ0v) is 10.0. The Labute approximate surface area is 105 Å². The minimum Gasteiger partial charge on any atom is -0.394 e. The summed E-state index contributed by atoms with van der Waals surface area (Å²) in [5, 5.41) is 37.8. The molecule has 2 fully saturated rings. The smallest absolute Gasteiger partial charge is 0.186 e. The zero-order valence-electron chi connectivity index (χ0n) is 10.0. The van der Waals surface area contributed by atoms with Crippen LogP contribution < -0.4 is 0 Å². The van der Waals surface area contributed by atoms with Gasteiger partial charge in [-0.1, -0.05) is 0 Å². The van der Waals surface area contributed by atoms with E-state index >= 15 is 0 Å². The first-order chi connectivity index (χ1) is 8.60. The molecule has 0 bridgehead atoms. The van der Waals surface area contributed by atoms with Crippen LogP contribution >= 0.6 is 0 Å². The summed E-state index contributed by atoms with van der Waals surface area (Å²) in [5.74, 6) is 0. The molecule has 4 N–H and O–H groups in total. The maximum atomic E-state index is 9.76. The van der Waals surface area contributed by atoms with Crippen molar-refractivity contribution in [3.05, 3.63) is 0 Å². The average molecular weight is 264 g/mol. The molecule has 6 atom stereocenters. The van der Waals surface area contributed by atoms with E-state index in [2.05, 4.69) is 0 Å². The molecule has 1 unspecified atom stereocenters. The first kappa shape index (κ1) is 14.1. The lowest BCUT2D eigenvalue weighted by Gasteiger charge is -2.38. The first-order valence-corrected chi connectivity index (χ1v) is 6.14. The summed E-state index contributed by atoms with van der Waals surface area (Å²) < 4.78 is 16.0. The van der Waals surface area contributed by atoms with Crippen molar-refractivity contribution in [2.24, 2.45) is 0 Å². The van der Waals surface area contributed by atoms with Gasteiger partial charge in [0.25, 0.3) is 0 Å². The Balaban J connectivity index is 1.89. The Morgan fingerprint density at radius 3 is 2.56 bits per heavy atom. The molecule has 0 aromatic rings.